The van der Waals surface area contributed by atoms with Crippen LogP contribution in [-0.4, -0.2) is 37.4 Å². The van der Waals surface area contributed by atoms with E-state index in [1.54, 1.807) is 37.3 Å². The van der Waals surface area contributed by atoms with Crippen molar-refractivity contribution in [2.75, 3.05) is 26.6 Å². The summed E-state index contributed by atoms with van der Waals surface area (Å²) < 4.78 is 16.0. The van der Waals surface area contributed by atoms with Gasteiger partial charge in [-0.1, -0.05) is 19.1 Å². The molecule has 0 aliphatic carbocycles. The monoisotopic (exact) mass is 389 g/mol. The average molecular weight is 389 g/mol. The largest absolute Gasteiger partial charge is 0.493 e. The molecule has 0 radical (unpaired) electrons. The molecule has 0 bridgehead atoms. The van der Waals surface area contributed by atoms with Gasteiger partial charge in [0.2, 0.25) is 11.7 Å². The fraction of sp³-hybridized carbons (Fsp3) is 0.381. The van der Waals surface area contributed by atoms with Crippen LogP contribution < -0.4 is 19.5 Å². The molecule has 0 aliphatic heterocycles. The Kier molecular flexibility index (Phi) is 7.66. The predicted octanol–water partition coefficient (Wildman–Crippen LogP) is 2.83. The number of nitrogens with one attached hydrogen (secondary N) is 1. The van der Waals surface area contributed by atoms with Gasteiger partial charge in [-0.25, -0.2) is 0 Å². The number of amides is 1. The van der Waals surface area contributed by atoms with Gasteiger partial charge in [-0.3, -0.25) is 4.79 Å². The van der Waals surface area contributed by atoms with Crippen LogP contribution in [0.25, 0.3) is 0 Å². The van der Waals surface area contributed by atoms with Gasteiger partial charge in [0.1, 0.15) is 0 Å². The molecule has 0 saturated heterocycles. The number of hydrogen-bond donors (Lipinski definition) is 3. The first-order valence-corrected chi connectivity index (χ1v) is 8.97. The highest BCUT2D eigenvalue weighted by atomic mass is 16.5. The number of anilines is 1. The fourth-order valence-corrected chi connectivity index (χ4v) is 2.89. The summed E-state index contributed by atoms with van der Waals surface area (Å²) in [5.74, 6) is 1.34. The van der Waals surface area contributed by atoms with Crippen LogP contribution in [-0.2, 0) is 17.8 Å². The number of aliphatic hydroxyl groups is 2. The van der Waals surface area contributed by atoms with Gasteiger partial charge in [0.05, 0.1) is 34.0 Å². The molecule has 2 rings (SSSR count). The van der Waals surface area contributed by atoms with Crippen molar-refractivity contribution in [3.05, 3.63) is 47.0 Å². The van der Waals surface area contributed by atoms with Gasteiger partial charge in [-0.05, 0) is 29.3 Å². The highest BCUT2D eigenvalue weighted by molar-refractivity contribution is 5.91. The Morgan fingerprint density at radius 2 is 1.71 bits per heavy atom. The number of benzene rings is 2. The summed E-state index contributed by atoms with van der Waals surface area (Å²) in [6.07, 6.45) is -0.202. The Bertz CT molecular complexity index is 796. The number of methoxy groups -OCH3 is 3. The first kappa shape index (κ1) is 21.5. The smallest absolute Gasteiger partial charge is 0.224 e. The molecule has 0 fully saturated rings. The zero-order valence-electron chi connectivity index (χ0n) is 16.6. The molecule has 3 N–H and O–H groups in total. The van der Waals surface area contributed by atoms with Crippen LogP contribution in [0.15, 0.2) is 30.3 Å². The third-order valence-electron chi connectivity index (χ3n) is 4.44. The second-order valence-corrected chi connectivity index (χ2v) is 6.23. The average Bonchev–Trinajstić information content (AvgIpc) is 2.72. The van der Waals surface area contributed by atoms with Gasteiger partial charge in [-0.2, -0.15) is 0 Å². The van der Waals surface area contributed by atoms with Crippen LogP contribution in [0.2, 0.25) is 0 Å². The zero-order valence-corrected chi connectivity index (χ0v) is 16.6. The summed E-state index contributed by atoms with van der Waals surface area (Å²) in [6, 6.07) is 8.68. The van der Waals surface area contributed by atoms with Crippen LogP contribution in [0.4, 0.5) is 5.69 Å². The molecule has 1 atom stereocenters. The molecule has 0 aromatic heterocycles. The Morgan fingerprint density at radius 3 is 2.21 bits per heavy atom. The van der Waals surface area contributed by atoms with E-state index in [1.807, 2.05) is 0 Å². The number of carbonyl (C=O) groups excluding carboxylic acids is 1. The van der Waals surface area contributed by atoms with Crippen molar-refractivity contribution in [1.29, 1.82) is 0 Å². The van der Waals surface area contributed by atoms with Gasteiger partial charge in [0.15, 0.2) is 11.5 Å². The van der Waals surface area contributed by atoms with Gasteiger partial charge in [0, 0.05) is 24.1 Å². The molecular formula is C21H27NO6. The van der Waals surface area contributed by atoms with Crippen molar-refractivity contribution < 1.29 is 29.2 Å². The summed E-state index contributed by atoms with van der Waals surface area (Å²) in [5.41, 5.74) is 2.51. The van der Waals surface area contributed by atoms with Crippen molar-refractivity contribution >= 4 is 11.6 Å². The number of rotatable bonds is 9. The van der Waals surface area contributed by atoms with E-state index in [4.69, 9.17) is 14.2 Å². The van der Waals surface area contributed by atoms with Crippen molar-refractivity contribution in [3.8, 4) is 17.2 Å². The number of aliphatic hydroxyl groups excluding tert-OH is 2. The maximum atomic E-state index is 11.7. The Hall–Kier alpha value is -2.77. The molecule has 2 aromatic carbocycles. The minimum Gasteiger partial charge on any atom is -0.493 e. The molecule has 28 heavy (non-hydrogen) atoms. The normalized spacial score (nSPS) is 11.6. The quantitative estimate of drug-likeness (QED) is 0.610. The maximum absolute atomic E-state index is 11.7. The van der Waals surface area contributed by atoms with E-state index in [0.29, 0.717) is 46.9 Å². The maximum Gasteiger partial charge on any atom is 0.224 e. The number of carbonyl (C=O) groups is 1. The number of hydrogen-bond acceptors (Lipinski definition) is 6. The third-order valence-corrected chi connectivity index (χ3v) is 4.44. The van der Waals surface area contributed by atoms with E-state index >= 15 is 0 Å². The van der Waals surface area contributed by atoms with Crippen molar-refractivity contribution in [2.24, 2.45) is 0 Å². The Balaban J connectivity index is 2.30. The highest BCUT2D eigenvalue weighted by Crippen LogP contribution is 2.39. The van der Waals surface area contributed by atoms with E-state index in [9.17, 15) is 15.0 Å². The van der Waals surface area contributed by atoms with Crippen molar-refractivity contribution in [1.82, 2.24) is 0 Å². The first-order valence-electron chi connectivity index (χ1n) is 8.97. The van der Waals surface area contributed by atoms with Crippen LogP contribution in [0.3, 0.4) is 0 Å². The van der Waals surface area contributed by atoms with Gasteiger partial charge >= 0.3 is 0 Å². The van der Waals surface area contributed by atoms with Crippen LogP contribution >= 0.6 is 0 Å². The van der Waals surface area contributed by atoms with E-state index in [1.165, 1.54) is 21.3 Å². The van der Waals surface area contributed by atoms with Crippen LogP contribution in [0.5, 0.6) is 17.2 Å². The molecule has 0 aliphatic rings. The van der Waals surface area contributed by atoms with Gasteiger partial charge < -0.3 is 29.7 Å². The first-order chi connectivity index (χ1) is 13.5. The Morgan fingerprint density at radius 1 is 1.07 bits per heavy atom. The molecule has 152 valence electrons. The SMILES string of the molecule is CCC(=O)Nc1cc(C(O)Cc2cc(OC)c(OC)c(OC)c2)ccc1CO. The molecule has 2 aromatic rings. The standard InChI is InChI=1S/C21H27NO6/c1-5-20(25)22-16-11-14(6-7-15(16)12-23)17(24)8-13-9-18(26-2)21(28-4)19(10-13)27-3/h6-7,9-11,17,23-24H,5,8,12H2,1-4H3,(H,22,25). The lowest BCUT2D eigenvalue weighted by atomic mass is 9.98. The lowest BCUT2D eigenvalue weighted by molar-refractivity contribution is -0.115. The van der Waals surface area contributed by atoms with Crippen molar-refractivity contribution in [2.45, 2.75) is 32.5 Å². The summed E-state index contributed by atoms with van der Waals surface area (Å²) in [7, 11) is 4.60. The van der Waals surface area contributed by atoms with E-state index in [0.717, 1.165) is 5.56 Å². The van der Waals surface area contributed by atoms with Gasteiger partial charge in [0.25, 0.3) is 0 Å². The summed E-state index contributed by atoms with van der Waals surface area (Å²) >= 11 is 0. The molecule has 7 heteroatoms. The van der Waals surface area contributed by atoms with E-state index in [-0.39, 0.29) is 12.5 Å². The van der Waals surface area contributed by atoms with Crippen LogP contribution in [0, 0.1) is 0 Å². The molecule has 0 saturated carbocycles. The molecule has 0 heterocycles. The zero-order chi connectivity index (χ0) is 20.7. The summed E-state index contributed by atoms with van der Waals surface area (Å²) in [4.78, 5) is 11.7. The van der Waals surface area contributed by atoms with Crippen molar-refractivity contribution in [3.63, 3.8) is 0 Å². The lowest BCUT2D eigenvalue weighted by Crippen LogP contribution is -2.12. The lowest BCUT2D eigenvalue weighted by Gasteiger charge is -2.17. The minimum absolute atomic E-state index is 0.161. The highest BCUT2D eigenvalue weighted by Gasteiger charge is 2.17. The molecule has 7 nitrogen and oxygen atoms in total. The second kappa shape index (κ2) is 9.96. The predicted molar refractivity (Wildman–Crippen MR) is 106 cm³/mol. The molecule has 1 amide bonds. The molecule has 1 unspecified atom stereocenters. The van der Waals surface area contributed by atoms with E-state index < -0.39 is 6.10 Å². The van der Waals surface area contributed by atoms with Crippen LogP contribution in [0.1, 0.15) is 36.1 Å². The third kappa shape index (κ3) is 4.94. The summed E-state index contributed by atoms with van der Waals surface area (Å²) in [5, 5.41) is 23.0. The summed E-state index contributed by atoms with van der Waals surface area (Å²) in [6.45, 7) is 1.54. The topological polar surface area (TPSA) is 97.3 Å². The molecular weight excluding hydrogens is 362 g/mol. The minimum atomic E-state index is -0.826. The van der Waals surface area contributed by atoms with E-state index in [2.05, 4.69) is 5.32 Å². The Labute approximate surface area is 164 Å². The number of ether oxygens (including phenoxy) is 3. The fourth-order valence-electron chi connectivity index (χ4n) is 2.89. The second-order valence-electron chi connectivity index (χ2n) is 6.23. The molecule has 0 spiro atoms. The van der Waals surface area contributed by atoms with Gasteiger partial charge in [-0.15, -0.1) is 0 Å².